The van der Waals surface area contributed by atoms with Crippen LogP contribution in [0.3, 0.4) is 0 Å². The largest absolute Gasteiger partial charge is 0.314 e. The van der Waals surface area contributed by atoms with E-state index in [1.54, 1.807) is 12.1 Å². The Balaban J connectivity index is 1.79. The molecule has 1 aliphatic heterocycles. The van der Waals surface area contributed by atoms with Crippen LogP contribution in [0.2, 0.25) is 0 Å². The number of rotatable bonds is 4. The van der Waals surface area contributed by atoms with Gasteiger partial charge in [-0.2, -0.15) is 0 Å². The summed E-state index contributed by atoms with van der Waals surface area (Å²) in [5, 5.41) is 3.60. The smallest absolute Gasteiger partial charge is 0.123 e. The third-order valence-electron chi connectivity index (χ3n) is 4.00. The summed E-state index contributed by atoms with van der Waals surface area (Å²) in [6, 6.07) is 7.58. The Labute approximate surface area is 116 Å². The first-order valence-electron chi connectivity index (χ1n) is 7.48. The van der Waals surface area contributed by atoms with Crippen LogP contribution in [0.4, 0.5) is 4.39 Å². The number of nitrogens with zero attached hydrogens (tertiary/aromatic N) is 1. The summed E-state index contributed by atoms with van der Waals surface area (Å²) in [6.45, 7) is 6.81. The van der Waals surface area contributed by atoms with Gasteiger partial charge in [0.25, 0.3) is 0 Å². The predicted octanol–water partition coefficient (Wildman–Crippen LogP) is 2.83. The van der Waals surface area contributed by atoms with E-state index in [1.807, 2.05) is 12.1 Å². The molecule has 1 atom stereocenters. The monoisotopic (exact) mass is 264 g/mol. The maximum Gasteiger partial charge on any atom is 0.123 e. The summed E-state index contributed by atoms with van der Waals surface area (Å²) in [4.78, 5) is 2.55. The second kappa shape index (κ2) is 7.61. The van der Waals surface area contributed by atoms with Crippen molar-refractivity contribution in [3.05, 3.63) is 35.6 Å². The molecule has 2 rings (SSSR count). The molecule has 0 amide bonds. The summed E-state index contributed by atoms with van der Waals surface area (Å²) >= 11 is 0. The molecule has 1 saturated heterocycles. The number of hydrogen-bond donors (Lipinski definition) is 1. The van der Waals surface area contributed by atoms with Gasteiger partial charge in [0.2, 0.25) is 0 Å². The van der Waals surface area contributed by atoms with E-state index in [9.17, 15) is 4.39 Å². The fourth-order valence-electron chi connectivity index (χ4n) is 2.67. The van der Waals surface area contributed by atoms with Crippen molar-refractivity contribution in [1.29, 1.82) is 0 Å². The van der Waals surface area contributed by atoms with Crippen LogP contribution in [0.1, 0.15) is 31.7 Å². The molecule has 1 unspecified atom stereocenters. The highest BCUT2D eigenvalue weighted by Gasteiger charge is 2.13. The van der Waals surface area contributed by atoms with E-state index in [0.717, 1.165) is 19.5 Å². The Morgan fingerprint density at radius 3 is 2.79 bits per heavy atom. The molecule has 1 fully saturated rings. The van der Waals surface area contributed by atoms with Gasteiger partial charge in [-0.25, -0.2) is 4.39 Å². The van der Waals surface area contributed by atoms with Gasteiger partial charge in [0.05, 0.1) is 0 Å². The highest BCUT2D eigenvalue weighted by molar-refractivity contribution is 5.16. The van der Waals surface area contributed by atoms with Crippen molar-refractivity contribution in [2.24, 2.45) is 0 Å². The molecule has 0 radical (unpaired) electrons. The summed E-state index contributed by atoms with van der Waals surface area (Å²) in [5.74, 6) is -0.146. The lowest BCUT2D eigenvalue weighted by Gasteiger charge is -2.28. The zero-order valence-corrected chi connectivity index (χ0v) is 11.9. The van der Waals surface area contributed by atoms with Crippen LogP contribution >= 0.6 is 0 Å². The van der Waals surface area contributed by atoms with Gasteiger partial charge in [-0.3, -0.25) is 0 Å². The van der Waals surface area contributed by atoms with Crippen molar-refractivity contribution in [2.45, 2.75) is 38.6 Å². The van der Waals surface area contributed by atoms with Gasteiger partial charge in [0, 0.05) is 12.6 Å². The lowest BCUT2D eigenvalue weighted by molar-refractivity contribution is 0.234. The molecule has 1 aromatic rings. The molecule has 1 aliphatic rings. The van der Waals surface area contributed by atoms with Crippen molar-refractivity contribution < 1.29 is 4.39 Å². The average molecular weight is 264 g/mol. The average Bonchev–Trinajstić information content (AvgIpc) is 2.40. The second-order valence-electron chi connectivity index (χ2n) is 5.42. The van der Waals surface area contributed by atoms with Crippen LogP contribution in [-0.2, 0) is 6.42 Å². The summed E-state index contributed by atoms with van der Waals surface area (Å²) in [5.41, 5.74) is 1.23. The Hall–Kier alpha value is -0.930. The second-order valence-corrected chi connectivity index (χ2v) is 5.42. The molecule has 1 aromatic carbocycles. The van der Waals surface area contributed by atoms with Gasteiger partial charge >= 0.3 is 0 Å². The van der Waals surface area contributed by atoms with Crippen molar-refractivity contribution >= 4 is 0 Å². The van der Waals surface area contributed by atoms with Gasteiger partial charge in [-0.05, 0) is 63.0 Å². The number of hydrogen-bond acceptors (Lipinski definition) is 2. The van der Waals surface area contributed by atoms with Gasteiger partial charge in [0.15, 0.2) is 0 Å². The lowest BCUT2D eigenvalue weighted by atomic mass is 10.1. The zero-order chi connectivity index (χ0) is 13.5. The van der Waals surface area contributed by atoms with Crippen LogP contribution in [-0.4, -0.2) is 37.1 Å². The number of nitrogens with one attached hydrogen (secondary N) is 1. The third-order valence-corrected chi connectivity index (χ3v) is 4.00. The summed E-state index contributed by atoms with van der Waals surface area (Å²) < 4.78 is 12.8. The standard InChI is InChI=1S/C16H25FN2/c1-2-16-9-13-19(11-3-10-18-16)12-8-14-4-6-15(17)7-5-14/h4-7,16,18H,2-3,8-13H2,1H3. The van der Waals surface area contributed by atoms with Crippen LogP contribution in [0.15, 0.2) is 24.3 Å². The minimum atomic E-state index is -0.146. The Morgan fingerprint density at radius 1 is 1.26 bits per heavy atom. The molecule has 0 bridgehead atoms. The van der Waals surface area contributed by atoms with Crippen LogP contribution in [0.5, 0.6) is 0 Å². The molecule has 0 saturated carbocycles. The molecule has 106 valence electrons. The maximum atomic E-state index is 12.8. The fraction of sp³-hybridized carbons (Fsp3) is 0.625. The topological polar surface area (TPSA) is 15.3 Å². The predicted molar refractivity (Wildman–Crippen MR) is 77.9 cm³/mol. The molecule has 0 spiro atoms. The van der Waals surface area contributed by atoms with Crippen molar-refractivity contribution in [3.63, 3.8) is 0 Å². The molecule has 1 heterocycles. The minimum Gasteiger partial charge on any atom is -0.314 e. The van der Waals surface area contributed by atoms with E-state index in [2.05, 4.69) is 17.1 Å². The third kappa shape index (κ3) is 4.92. The maximum absolute atomic E-state index is 12.8. The van der Waals surface area contributed by atoms with E-state index in [0.29, 0.717) is 6.04 Å². The molecule has 19 heavy (non-hydrogen) atoms. The van der Waals surface area contributed by atoms with E-state index >= 15 is 0 Å². The summed E-state index contributed by atoms with van der Waals surface area (Å²) in [6.07, 6.45) is 4.69. The molecule has 0 aromatic heterocycles. The minimum absolute atomic E-state index is 0.146. The molecule has 1 N–H and O–H groups in total. The van der Waals surface area contributed by atoms with Crippen molar-refractivity contribution in [3.8, 4) is 0 Å². The quantitative estimate of drug-likeness (QED) is 0.899. The Kier molecular flexibility index (Phi) is 5.80. The highest BCUT2D eigenvalue weighted by Crippen LogP contribution is 2.08. The molecular weight excluding hydrogens is 239 g/mol. The number of halogens is 1. The number of benzene rings is 1. The normalized spacial score (nSPS) is 21.9. The van der Waals surface area contributed by atoms with E-state index in [1.165, 1.54) is 37.9 Å². The van der Waals surface area contributed by atoms with Gasteiger partial charge in [0.1, 0.15) is 5.82 Å². The molecule has 2 nitrogen and oxygen atoms in total. The Bertz CT molecular complexity index is 364. The molecule has 3 heteroatoms. The SMILES string of the molecule is CCC1CCN(CCc2ccc(F)cc2)CCCN1. The highest BCUT2D eigenvalue weighted by atomic mass is 19.1. The fourth-order valence-corrected chi connectivity index (χ4v) is 2.67. The van der Waals surface area contributed by atoms with Crippen LogP contribution in [0, 0.1) is 5.82 Å². The van der Waals surface area contributed by atoms with Crippen LogP contribution < -0.4 is 5.32 Å². The zero-order valence-electron chi connectivity index (χ0n) is 11.9. The Morgan fingerprint density at radius 2 is 2.05 bits per heavy atom. The lowest BCUT2D eigenvalue weighted by Crippen LogP contribution is -2.40. The van der Waals surface area contributed by atoms with Crippen molar-refractivity contribution in [2.75, 3.05) is 26.2 Å². The van der Waals surface area contributed by atoms with Crippen LogP contribution in [0.25, 0.3) is 0 Å². The van der Waals surface area contributed by atoms with E-state index in [4.69, 9.17) is 0 Å². The first-order chi connectivity index (χ1) is 9.28. The van der Waals surface area contributed by atoms with E-state index in [-0.39, 0.29) is 5.82 Å². The summed E-state index contributed by atoms with van der Waals surface area (Å²) in [7, 11) is 0. The molecule has 0 aliphatic carbocycles. The van der Waals surface area contributed by atoms with Crippen molar-refractivity contribution in [1.82, 2.24) is 10.2 Å². The van der Waals surface area contributed by atoms with E-state index < -0.39 is 0 Å². The van der Waals surface area contributed by atoms with Gasteiger partial charge < -0.3 is 10.2 Å². The van der Waals surface area contributed by atoms with Gasteiger partial charge in [-0.15, -0.1) is 0 Å². The van der Waals surface area contributed by atoms with Gasteiger partial charge in [-0.1, -0.05) is 19.1 Å². The first kappa shape index (κ1) is 14.5. The first-order valence-corrected chi connectivity index (χ1v) is 7.48. The molecular formula is C16H25FN2.